The van der Waals surface area contributed by atoms with E-state index < -0.39 is 0 Å². The first kappa shape index (κ1) is 13.7. The number of carbonyl (C=O) groups excluding carboxylic acids is 1. The molecule has 5 heteroatoms. The lowest BCUT2D eigenvalue weighted by molar-refractivity contribution is 0.104. The molecule has 0 saturated heterocycles. The number of H-pyrrole nitrogens is 1. The molecule has 0 aliphatic rings. The summed E-state index contributed by atoms with van der Waals surface area (Å²) in [6.07, 6.45) is 1.68. The maximum absolute atomic E-state index is 12.6. The third-order valence-electron chi connectivity index (χ3n) is 3.08. The molecule has 0 radical (unpaired) electrons. The van der Waals surface area contributed by atoms with Gasteiger partial charge in [-0.2, -0.15) is 0 Å². The van der Waals surface area contributed by atoms with E-state index >= 15 is 0 Å². The van der Waals surface area contributed by atoms with Crippen molar-refractivity contribution in [2.24, 2.45) is 0 Å². The normalized spacial score (nSPS) is 10.9. The minimum atomic E-state index is -0.112. The highest BCUT2D eigenvalue weighted by atomic mass is 79.9. The lowest BCUT2D eigenvalue weighted by Gasteiger charge is -2.03. The van der Waals surface area contributed by atoms with Crippen molar-refractivity contribution in [2.75, 3.05) is 0 Å². The molecule has 2 aromatic carbocycles. The van der Waals surface area contributed by atoms with Gasteiger partial charge in [0.2, 0.25) is 0 Å². The van der Waals surface area contributed by atoms with Crippen molar-refractivity contribution < 1.29 is 4.79 Å². The van der Waals surface area contributed by atoms with E-state index in [0.717, 1.165) is 15.4 Å². The third kappa shape index (κ3) is 2.26. The van der Waals surface area contributed by atoms with Gasteiger partial charge in [-0.25, -0.2) is 0 Å². The molecule has 0 aliphatic heterocycles. The van der Waals surface area contributed by atoms with Crippen molar-refractivity contribution >= 4 is 55.8 Å². The van der Waals surface area contributed by atoms with Crippen LogP contribution in [0.5, 0.6) is 0 Å². The van der Waals surface area contributed by atoms with Gasteiger partial charge in [0.15, 0.2) is 5.78 Å². The van der Waals surface area contributed by atoms with Gasteiger partial charge in [-0.05, 0) is 46.3 Å². The van der Waals surface area contributed by atoms with Crippen LogP contribution >= 0.6 is 39.1 Å². The Labute approximate surface area is 133 Å². The molecule has 0 aliphatic carbocycles. The topological polar surface area (TPSA) is 32.9 Å². The van der Waals surface area contributed by atoms with Crippen LogP contribution in [0.25, 0.3) is 10.9 Å². The second kappa shape index (κ2) is 5.24. The Morgan fingerprint density at radius 3 is 2.65 bits per heavy atom. The van der Waals surface area contributed by atoms with Gasteiger partial charge in [-0.1, -0.05) is 29.3 Å². The Bertz CT molecular complexity index is 826. The molecule has 0 fully saturated rings. The summed E-state index contributed by atoms with van der Waals surface area (Å²) < 4.78 is 0.757. The number of aromatic amines is 1. The minimum absolute atomic E-state index is 0.112. The molecular formula is C15H8BrCl2NO. The molecule has 0 bridgehead atoms. The molecular weight excluding hydrogens is 361 g/mol. The highest BCUT2D eigenvalue weighted by Crippen LogP contribution is 2.30. The van der Waals surface area contributed by atoms with Gasteiger partial charge in [-0.15, -0.1) is 0 Å². The highest BCUT2D eigenvalue weighted by molar-refractivity contribution is 9.10. The molecule has 1 aromatic heterocycles. The van der Waals surface area contributed by atoms with Crippen molar-refractivity contribution in [3.8, 4) is 0 Å². The number of benzene rings is 2. The van der Waals surface area contributed by atoms with Crippen LogP contribution in [0.3, 0.4) is 0 Å². The summed E-state index contributed by atoms with van der Waals surface area (Å²) >= 11 is 15.5. The second-order valence-corrected chi connectivity index (χ2v) is 5.99. The van der Waals surface area contributed by atoms with Crippen molar-refractivity contribution in [2.45, 2.75) is 0 Å². The number of carbonyl (C=O) groups is 1. The number of aromatic nitrogens is 1. The van der Waals surface area contributed by atoms with Gasteiger partial charge in [0, 0.05) is 32.7 Å². The average Bonchev–Trinajstić information content (AvgIpc) is 2.86. The zero-order chi connectivity index (χ0) is 14.3. The van der Waals surface area contributed by atoms with E-state index in [4.69, 9.17) is 23.2 Å². The molecule has 20 heavy (non-hydrogen) atoms. The summed E-state index contributed by atoms with van der Waals surface area (Å²) in [7, 11) is 0. The number of nitrogens with one attached hydrogen (secondary N) is 1. The zero-order valence-corrected chi connectivity index (χ0v) is 13.2. The van der Waals surface area contributed by atoms with E-state index in [-0.39, 0.29) is 5.78 Å². The Hall–Kier alpha value is -1.29. The molecule has 100 valence electrons. The van der Waals surface area contributed by atoms with Gasteiger partial charge in [-0.3, -0.25) is 4.79 Å². The Balaban J connectivity index is 2.15. The second-order valence-electron chi connectivity index (χ2n) is 4.32. The van der Waals surface area contributed by atoms with Crippen molar-refractivity contribution in [1.82, 2.24) is 4.98 Å². The van der Waals surface area contributed by atoms with E-state index in [9.17, 15) is 4.79 Å². The molecule has 2 nitrogen and oxygen atoms in total. The molecule has 0 amide bonds. The number of halogens is 3. The van der Waals surface area contributed by atoms with Crippen LogP contribution in [0, 0.1) is 0 Å². The summed E-state index contributed by atoms with van der Waals surface area (Å²) in [6.45, 7) is 0. The van der Waals surface area contributed by atoms with Gasteiger partial charge in [0.1, 0.15) is 0 Å². The van der Waals surface area contributed by atoms with Gasteiger partial charge < -0.3 is 4.98 Å². The predicted molar refractivity (Wildman–Crippen MR) is 85.9 cm³/mol. The highest BCUT2D eigenvalue weighted by Gasteiger charge is 2.16. The van der Waals surface area contributed by atoms with Crippen LogP contribution in [0.15, 0.2) is 47.1 Å². The van der Waals surface area contributed by atoms with Crippen LogP contribution in [0.4, 0.5) is 0 Å². The van der Waals surface area contributed by atoms with Crippen molar-refractivity contribution in [3.63, 3.8) is 0 Å². The van der Waals surface area contributed by atoms with Gasteiger partial charge in [0.05, 0.1) is 10.0 Å². The van der Waals surface area contributed by atoms with Crippen molar-refractivity contribution in [1.29, 1.82) is 0 Å². The molecule has 1 heterocycles. The van der Waals surface area contributed by atoms with Crippen LogP contribution < -0.4 is 0 Å². The van der Waals surface area contributed by atoms with Crippen LogP contribution in [0.2, 0.25) is 10.0 Å². The van der Waals surface area contributed by atoms with Gasteiger partial charge >= 0.3 is 0 Å². The summed E-state index contributed by atoms with van der Waals surface area (Å²) in [4.78, 5) is 15.6. The maximum atomic E-state index is 12.6. The summed E-state index contributed by atoms with van der Waals surface area (Å²) in [5, 5.41) is 1.79. The smallest absolute Gasteiger partial charge is 0.195 e. The molecule has 0 atom stereocenters. The number of ketones is 1. The number of hydrogen-bond acceptors (Lipinski definition) is 1. The predicted octanol–water partition coefficient (Wildman–Crippen LogP) is 5.47. The van der Waals surface area contributed by atoms with E-state index in [2.05, 4.69) is 20.9 Å². The zero-order valence-electron chi connectivity index (χ0n) is 10.1. The minimum Gasteiger partial charge on any atom is -0.360 e. The quantitative estimate of drug-likeness (QED) is 0.598. The Morgan fingerprint density at radius 1 is 1.10 bits per heavy atom. The Kier molecular flexibility index (Phi) is 3.59. The first-order valence-corrected chi connectivity index (χ1v) is 7.38. The van der Waals surface area contributed by atoms with Crippen LogP contribution in [-0.4, -0.2) is 10.8 Å². The molecule has 0 unspecified atom stereocenters. The monoisotopic (exact) mass is 367 g/mol. The fraction of sp³-hybridized carbons (Fsp3) is 0. The molecule has 3 rings (SSSR count). The van der Waals surface area contributed by atoms with E-state index in [1.165, 1.54) is 0 Å². The molecule has 3 aromatic rings. The summed E-state index contributed by atoms with van der Waals surface area (Å²) in [5.74, 6) is -0.112. The third-order valence-corrected chi connectivity index (χ3v) is 4.63. The van der Waals surface area contributed by atoms with Crippen LogP contribution in [0.1, 0.15) is 15.9 Å². The SMILES string of the molecule is O=C(c1ccc(Br)c(Cl)c1)c1c[nH]c2cccc(Cl)c12. The Morgan fingerprint density at radius 2 is 1.90 bits per heavy atom. The lowest BCUT2D eigenvalue weighted by atomic mass is 10.0. The first-order chi connectivity index (χ1) is 9.58. The van der Waals surface area contributed by atoms with E-state index in [1.54, 1.807) is 30.5 Å². The fourth-order valence-electron chi connectivity index (χ4n) is 2.11. The average molecular weight is 369 g/mol. The number of hydrogen-bond donors (Lipinski definition) is 1. The standard InChI is InChI=1S/C15H8BrCl2NO/c16-10-5-4-8(6-12(10)18)15(20)9-7-19-13-3-1-2-11(17)14(9)13/h1-7,19H. The number of fused-ring (bicyclic) bond motifs is 1. The number of rotatable bonds is 2. The van der Waals surface area contributed by atoms with E-state index in [1.807, 2.05) is 12.1 Å². The lowest BCUT2D eigenvalue weighted by Crippen LogP contribution is -2.00. The van der Waals surface area contributed by atoms with Crippen molar-refractivity contribution in [3.05, 3.63) is 68.2 Å². The van der Waals surface area contributed by atoms with E-state index in [0.29, 0.717) is 21.2 Å². The molecule has 0 saturated carbocycles. The largest absolute Gasteiger partial charge is 0.360 e. The molecule has 1 N–H and O–H groups in total. The summed E-state index contributed by atoms with van der Waals surface area (Å²) in [5.41, 5.74) is 1.91. The molecule has 0 spiro atoms. The first-order valence-electron chi connectivity index (χ1n) is 5.83. The maximum Gasteiger partial charge on any atom is 0.195 e. The van der Waals surface area contributed by atoms with Crippen LogP contribution in [-0.2, 0) is 0 Å². The fourth-order valence-corrected chi connectivity index (χ4v) is 2.82. The summed E-state index contributed by atoms with van der Waals surface area (Å²) in [6, 6.07) is 10.6. The van der Waals surface area contributed by atoms with Gasteiger partial charge in [0.25, 0.3) is 0 Å².